The summed E-state index contributed by atoms with van der Waals surface area (Å²) in [5, 5.41) is 2.78. The zero-order valence-electron chi connectivity index (χ0n) is 22.4. The van der Waals surface area contributed by atoms with Crippen molar-refractivity contribution in [2.24, 2.45) is 0 Å². The Kier molecular flexibility index (Phi) is 13.1. The third-order valence-electron chi connectivity index (χ3n) is 5.45. The molecular formula is C25H50N4O4. The highest BCUT2D eigenvalue weighted by Crippen LogP contribution is 2.11. The van der Waals surface area contributed by atoms with Gasteiger partial charge in [0.15, 0.2) is 0 Å². The van der Waals surface area contributed by atoms with Gasteiger partial charge in [0, 0.05) is 33.2 Å². The molecule has 0 aromatic rings. The van der Waals surface area contributed by atoms with Gasteiger partial charge in [0.1, 0.15) is 11.2 Å². The van der Waals surface area contributed by atoms with Crippen LogP contribution in [0.1, 0.15) is 80.1 Å². The van der Waals surface area contributed by atoms with Gasteiger partial charge in [-0.1, -0.05) is 12.8 Å². The number of carbonyl (C=O) groups excluding carboxylic acids is 2. The normalized spacial score (nSPS) is 18.0. The van der Waals surface area contributed by atoms with Crippen LogP contribution >= 0.6 is 0 Å². The van der Waals surface area contributed by atoms with Crippen LogP contribution in [0.5, 0.6) is 0 Å². The SMILES string of the molecule is CC(C)(C)OC(=O)NCCN1CCCCC1.CN(CCN1CCCCC1)C(=O)OC(C)(C)C. The van der Waals surface area contributed by atoms with E-state index >= 15 is 0 Å². The number of ether oxygens (including phenoxy) is 2. The summed E-state index contributed by atoms with van der Waals surface area (Å²) in [7, 11) is 1.80. The number of amides is 2. The van der Waals surface area contributed by atoms with Crippen molar-refractivity contribution in [3.8, 4) is 0 Å². The lowest BCUT2D eigenvalue weighted by molar-refractivity contribution is 0.0279. The van der Waals surface area contributed by atoms with Crippen LogP contribution in [-0.2, 0) is 9.47 Å². The Labute approximate surface area is 202 Å². The summed E-state index contributed by atoms with van der Waals surface area (Å²) in [5.41, 5.74) is -0.814. The van der Waals surface area contributed by atoms with Crippen LogP contribution in [0.3, 0.4) is 0 Å². The molecule has 2 aliphatic heterocycles. The number of rotatable bonds is 6. The molecular weight excluding hydrogens is 420 g/mol. The van der Waals surface area contributed by atoms with Crippen LogP contribution in [0.15, 0.2) is 0 Å². The van der Waals surface area contributed by atoms with Crippen molar-refractivity contribution in [2.75, 3.05) is 59.4 Å². The molecule has 0 radical (unpaired) electrons. The third kappa shape index (κ3) is 15.8. The minimum atomic E-state index is -0.408. The molecule has 2 saturated heterocycles. The van der Waals surface area contributed by atoms with E-state index in [1.54, 1.807) is 11.9 Å². The maximum atomic E-state index is 11.7. The van der Waals surface area contributed by atoms with Crippen molar-refractivity contribution in [3.05, 3.63) is 0 Å². The number of alkyl carbamates (subject to hydrolysis) is 1. The van der Waals surface area contributed by atoms with Crippen LogP contribution in [0, 0.1) is 0 Å². The minimum Gasteiger partial charge on any atom is -0.444 e. The predicted octanol–water partition coefficient (Wildman–Crippen LogP) is 4.34. The van der Waals surface area contributed by atoms with Gasteiger partial charge in [0.25, 0.3) is 0 Å². The van der Waals surface area contributed by atoms with Gasteiger partial charge in [-0.15, -0.1) is 0 Å². The molecule has 33 heavy (non-hydrogen) atoms. The van der Waals surface area contributed by atoms with E-state index in [1.165, 1.54) is 51.6 Å². The number of piperidine rings is 2. The first-order chi connectivity index (χ1) is 15.4. The first-order valence-electron chi connectivity index (χ1n) is 12.7. The van der Waals surface area contributed by atoms with E-state index in [-0.39, 0.29) is 12.2 Å². The van der Waals surface area contributed by atoms with Crippen molar-refractivity contribution in [2.45, 2.75) is 91.3 Å². The highest BCUT2D eigenvalue weighted by atomic mass is 16.6. The van der Waals surface area contributed by atoms with Gasteiger partial charge in [-0.2, -0.15) is 0 Å². The molecule has 8 nitrogen and oxygen atoms in total. The predicted molar refractivity (Wildman–Crippen MR) is 134 cm³/mol. The number of nitrogens with zero attached hydrogens (tertiary/aromatic N) is 3. The fourth-order valence-corrected chi connectivity index (χ4v) is 3.72. The molecule has 0 spiro atoms. The summed E-state index contributed by atoms with van der Waals surface area (Å²) in [6, 6.07) is 0. The van der Waals surface area contributed by atoms with Crippen molar-refractivity contribution in [3.63, 3.8) is 0 Å². The van der Waals surface area contributed by atoms with Crippen LogP contribution in [0.4, 0.5) is 9.59 Å². The molecule has 2 fully saturated rings. The third-order valence-corrected chi connectivity index (χ3v) is 5.45. The highest BCUT2D eigenvalue weighted by Gasteiger charge is 2.20. The topological polar surface area (TPSA) is 74.4 Å². The van der Waals surface area contributed by atoms with Crippen LogP contribution < -0.4 is 5.32 Å². The van der Waals surface area contributed by atoms with E-state index in [0.29, 0.717) is 6.54 Å². The molecule has 0 bridgehead atoms. The molecule has 0 aromatic carbocycles. The van der Waals surface area contributed by atoms with Gasteiger partial charge >= 0.3 is 12.2 Å². The summed E-state index contributed by atoms with van der Waals surface area (Å²) in [6.07, 6.45) is 7.29. The molecule has 2 rings (SSSR count). The molecule has 8 heteroatoms. The molecule has 2 heterocycles. The fraction of sp³-hybridized carbons (Fsp3) is 0.920. The van der Waals surface area contributed by atoms with E-state index in [2.05, 4.69) is 15.1 Å². The number of hydrogen-bond donors (Lipinski definition) is 1. The Morgan fingerprint density at radius 3 is 1.67 bits per heavy atom. The van der Waals surface area contributed by atoms with E-state index in [4.69, 9.17) is 9.47 Å². The molecule has 194 valence electrons. The van der Waals surface area contributed by atoms with Crippen LogP contribution in [0.25, 0.3) is 0 Å². The van der Waals surface area contributed by atoms with Gasteiger partial charge in [0.2, 0.25) is 0 Å². The second kappa shape index (κ2) is 14.7. The van der Waals surface area contributed by atoms with E-state index in [9.17, 15) is 9.59 Å². The summed E-state index contributed by atoms with van der Waals surface area (Å²) >= 11 is 0. The summed E-state index contributed by atoms with van der Waals surface area (Å²) in [6.45, 7) is 19.3. The summed E-state index contributed by atoms with van der Waals surface area (Å²) in [5.74, 6) is 0. The Bertz CT molecular complexity index is 560. The zero-order chi connectivity index (χ0) is 24.9. The Morgan fingerprint density at radius 1 is 0.758 bits per heavy atom. The smallest absolute Gasteiger partial charge is 0.410 e. The van der Waals surface area contributed by atoms with Crippen LogP contribution in [-0.4, -0.2) is 97.5 Å². The van der Waals surface area contributed by atoms with E-state index in [0.717, 1.165) is 32.7 Å². The molecule has 0 unspecified atom stereocenters. The molecule has 0 aromatic heterocycles. The van der Waals surface area contributed by atoms with Crippen LogP contribution in [0.2, 0.25) is 0 Å². The summed E-state index contributed by atoms with van der Waals surface area (Å²) < 4.78 is 10.5. The molecule has 1 N–H and O–H groups in total. The van der Waals surface area contributed by atoms with E-state index in [1.807, 2.05) is 41.5 Å². The fourth-order valence-electron chi connectivity index (χ4n) is 3.72. The zero-order valence-corrected chi connectivity index (χ0v) is 22.4. The average molecular weight is 471 g/mol. The van der Waals surface area contributed by atoms with Gasteiger partial charge < -0.3 is 29.5 Å². The first-order valence-corrected chi connectivity index (χ1v) is 12.7. The monoisotopic (exact) mass is 470 g/mol. The number of hydrogen-bond acceptors (Lipinski definition) is 6. The van der Waals surface area contributed by atoms with Crippen molar-refractivity contribution in [1.29, 1.82) is 0 Å². The molecule has 0 saturated carbocycles. The van der Waals surface area contributed by atoms with Crippen molar-refractivity contribution < 1.29 is 19.1 Å². The van der Waals surface area contributed by atoms with Gasteiger partial charge in [-0.3, -0.25) is 0 Å². The summed E-state index contributed by atoms with van der Waals surface area (Å²) in [4.78, 5) is 29.5. The minimum absolute atomic E-state index is 0.227. The highest BCUT2D eigenvalue weighted by molar-refractivity contribution is 5.68. The second-order valence-corrected chi connectivity index (χ2v) is 11.1. The van der Waals surface area contributed by atoms with Gasteiger partial charge in [-0.25, -0.2) is 9.59 Å². The van der Waals surface area contributed by atoms with E-state index < -0.39 is 11.2 Å². The number of likely N-dealkylation sites (tertiary alicyclic amines) is 2. The molecule has 2 amide bonds. The average Bonchev–Trinajstić information content (AvgIpc) is 2.71. The Morgan fingerprint density at radius 2 is 1.21 bits per heavy atom. The number of carbonyl (C=O) groups is 2. The number of likely N-dealkylation sites (N-methyl/N-ethyl adjacent to an activating group) is 1. The standard InChI is InChI=1S/C13H26N2O2.C12H24N2O2/c1-13(2,3)17-12(16)14(4)10-11-15-8-6-5-7-9-15;1-12(2,3)16-11(15)13-7-10-14-8-5-4-6-9-14/h5-11H2,1-4H3;4-10H2,1-3H3,(H,13,15). The maximum Gasteiger partial charge on any atom is 0.410 e. The molecule has 0 aliphatic carbocycles. The van der Waals surface area contributed by atoms with Crippen molar-refractivity contribution >= 4 is 12.2 Å². The Hall–Kier alpha value is -1.54. The van der Waals surface area contributed by atoms with Gasteiger partial charge in [0.05, 0.1) is 0 Å². The van der Waals surface area contributed by atoms with Crippen molar-refractivity contribution in [1.82, 2.24) is 20.0 Å². The number of nitrogens with one attached hydrogen (secondary N) is 1. The largest absolute Gasteiger partial charge is 0.444 e. The lowest BCUT2D eigenvalue weighted by Gasteiger charge is -2.29. The lowest BCUT2D eigenvalue weighted by Crippen LogP contribution is -2.40. The first kappa shape index (κ1) is 29.5. The van der Waals surface area contributed by atoms with Gasteiger partial charge in [-0.05, 0) is 93.4 Å². The quantitative estimate of drug-likeness (QED) is 0.623. The molecule has 2 aliphatic rings. The second-order valence-electron chi connectivity index (χ2n) is 11.1. The maximum absolute atomic E-state index is 11.7. The lowest BCUT2D eigenvalue weighted by atomic mass is 10.1. The molecule has 0 atom stereocenters. The Balaban J connectivity index is 0.000000331.